The number of aromatic nitrogens is 2. The fraction of sp³-hybridized carbons (Fsp3) is 0.318. The zero-order valence-electron chi connectivity index (χ0n) is 15.8. The van der Waals surface area contributed by atoms with E-state index in [1.807, 2.05) is 23.1 Å². The van der Waals surface area contributed by atoms with Gasteiger partial charge in [-0.1, -0.05) is 11.2 Å². The van der Waals surface area contributed by atoms with Crippen LogP contribution < -0.4 is 14.4 Å². The molecule has 1 atom stereocenters. The summed E-state index contributed by atoms with van der Waals surface area (Å²) in [6, 6.07) is 11.9. The van der Waals surface area contributed by atoms with Crippen LogP contribution in [0.25, 0.3) is 11.4 Å². The first kappa shape index (κ1) is 16.6. The Kier molecular flexibility index (Phi) is 3.62. The average Bonchev–Trinajstić information content (AvgIpc) is 3.51. The van der Waals surface area contributed by atoms with Crippen LogP contribution in [-0.2, 0) is 17.6 Å². The van der Waals surface area contributed by atoms with E-state index in [0.29, 0.717) is 36.2 Å². The van der Waals surface area contributed by atoms with Gasteiger partial charge < -0.3 is 18.9 Å². The third-order valence-corrected chi connectivity index (χ3v) is 5.94. The van der Waals surface area contributed by atoms with E-state index >= 15 is 0 Å². The van der Waals surface area contributed by atoms with Crippen molar-refractivity contribution in [3.05, 3.63) is 53.4 Å². The SMILES string of the molecule is O=C1CC(c2nc(-c3ccc4c(c3)OCO4)no2)CN1c1ccc2c(c1)CCC2. The highest BCUT2D eigenvalue weighted by Gasteiger charge is 2.35. The van der Waals surface area contributed by atoms with Crippen molar-refractivity contribution < 1.29 is 18.8 Å². The first-order valence-electron chi connectivity index (χ1n) is 9.90. The first-order valence-corrected chi connectivity index (χ1v) is 9.90. The Balaban J connectivity index is 1.24. The Labute approximate surface area is 167 Å². The standard InChI is InChI=1S/C22H19N3O4/c26-20-10-16(11-25(20)17-6-4-13-2-1-3-14(13)8-17)22-23-21(24-29-22)15-5-7-18-19(9-15)28-12-27-18/h4-9,16H,1-3,10-12H2. The lowest BCUT2D eigenvalue weighted by atomic mass is 10.1. The number of hydrogen-bond donors (Lipinski definition) is 0. The molecule has 3 heterocycles. The van der Waals surface area contributed by atoms with Crippen LogP contribution in [0, 0.1) is 0 Å². The molecule has 2 aromatic carbocycles. The second-order valence-electron chi connectivity index (χ2n) is 7.74. The van der Waals surface area contributed by atoms with E-state index in [1.165, 1.54) is 17.5 Å². The molecule has 0 radical (unpaired) electrons. The molecule has 7 nitrogen and oxygen atoms in total. The van der Waals surface area contributed by atoms with Crippen molar-refractivity contribution in [1.29, 1.82) is 0 Å². The van der Waals surface area contributed by atoms with Gasteiger partial charge >= 0.3 is 0 Å². The number of hydrogen-bond acceptors (Lipinski definition) is 6. The molecule has 146 valence electrons. The summed E-state index contributed by atoms with van der Waals surface area (Å²) in [6.45, 7) is 0.777. The van der Waals surface area contributed by atoms with Gasteiger partial charge in [-0.2, -0.15) is 4.98 Å². The fourth-order valence-electron chi connectivity index (χ4n) is 4.40. The van der Waals surface area contributed by atoms with E-state index in [1.54, 1.807) is 0 Å². The molecule has 0 N–H and O–H groups in total. The molecule has 0 bridgehead atoms. The van der Waals surface area contributed by atoms with Crippen molar-refractivity contribution in [3.63, 3.8) is 0 Å². The van der Waals surface area contributed by atoms with Crippen LogP contribution in [0.15, 0.2) is 40.9 Å². The second-order valence-corrected chi connectivity index (χ2v) is 7.74. The zero-order valence-corrected chi connectivity index (χ0v) is 15.8. The molecule has 1 aromatic heterocycles. The minimum Gasteiger partial charge on any atom is -0.454 e. The molecule has 1 aliphatic carbocycles. The Bertz CT molecular complexity index is 1120. The maximum Gasteiger partial charge on any atom is 0.232 e. The van der Waals surface area contributed by atoms with Crippen LogP contribution in [0.2, 0.25) is 0 Å². The van der Waals surface area contributed by atoms with E-state index < -0.39 is 0 Å². The van der Waals surface area contributed by atoms with Crippen molar-refractivity contribution in [1.82, 2.24) is 10.1 Å². The summed E-state index contributed by atoms with van der Waals surface area (Å²) in [5, 5.41) is 4.11. The smallest absolute Gasteiger partial charge is 0.232 e. The fourth-order valence-corrected chi connectivity index (χ4v) is 4.40. The highest BCUT2D eigenvalue weighted by Crippen LogP contribution is 2.37. The highest BCUT2D eigenvalue weighted by molar-refractivity contribution is 5.96. The van der Waals surface area contributed by atoms with Gasteiger partial charge in [0.05, 0.1) is 5.92 Å². The third kappa shape index (κ3) is 2.76. The zero-order chi connectivity index (χ0) is 19.4. The average molecular weight is 389 g/mol. The number of amides is 1. The van der Waals surface area contributed by atoms with Gasteiger partial charge in [0, 0.05) is 24.2 Å². The van der Waals surface area contributed by atoms with E-state index in [4.69, 9.17) is 14.0 Å². The van der Waals surface area contributed by atoms with Crippen LogP contribution in [0.1, 0.15) is 35.8 Å². The van der Waals surface area contributed by atoms with E-state index in [9.17, 15) is 4.79 Å². The lowest BCUT2D eigenvalue weighted by Crippen LogP contribution is -2.24. The van der Waals surface area contributed by atoms with Crippen LogP contribution in [0.3, 0.4) is 0 Å². The quantitative estimate of drug-likeness (QED) is 0.683. The normalized spacial score (nSPS) is 19.8. The summed E-state index contributed by atoms with van der Waals surface area (Å²) in [7, 11) is 0. The van der Waals surface area contributed by atoms with Crippen LogP contribution in [0.4, 0.5) is 5.69 Å². The molecule has 1 unspecified atom stereocenters. The minimum atomic E-state index is -0.106. The Morgan fingerprint density at radius 1 is 1.00 bits per heavy atom. The summed E-state index contributed by atoms with van der Waals surface area (Å²) in [6.07, 6.45) is 3.80. The van der Waals surface area contributed by atoms with Gasteiger partial charge in [-0.3, -0.25) is 4.79 Å². The molecule has 2 aliphatic heterocycles. The van der Waals surface area contributed by atoms with Gasteiger partial charge in [-0.15, -0.1) is 0 Å². The number of carbonyl (C=O) groups excluding carboxylic acids is 1. The Hall–Kier alpha value is -3.35. The molecule has 0 spiro atoms. The van der Waals surface area contributed by atoms with Crippen molar-refractivity contribution >= 4 is 11.6 Å². The third-order valence-electron chi connectivity index (χ3n) is 5.94. The summed E-state index contributed by atoms with van der Waals surface area (Å²) in [5.74, 6) is 2.36. The topological polar surface area (TPSA) is 77.7 Å². The molecule has 1 fully saturated rings. The van der Waals surface area contributed by atoms with Gasteiger partial charge in [-0.25, -0.2) is 0 Å². The Morgan fingerprint density at radius 2 is 1.90 bits per heavy atom. The molecule has 29 heavy (non-hydrogen) atoms. The number of ether oxygens (including phenoxy) is 2. The maximum atomic E-state index is 12.7. The molecular weight excluding hydrogens is 370 g/mol. The van der Waals surface area contributed by atoms with Crippen LogP contribution in [0.5, 0.6) is 11.5 Å². The van der Waals surface area contributed by atoms with Gasteiger partial charge in [0.15, 0.2) is 11.5 Å². The number of benzene rings is 2. The molecule has 0 saturated carbocycles. The summed E-state index contributed by atoms with van der Waals surface area (Å²) in [5.41, 5.74) is 4.53. The van der Waals surface area contributed by atoms with Crippen molar-refractivity contribution in [2.24, 2.45) is 0 Å². The minimum absolute atomic E-state index is 0.0933. The van der Waals surface area contributed by atoms with Crippen LogP contribution >= 0.6 is 0 Å². The molecular formula is C22H19N3O4. The van der Waals surface area contributed by atoms with Gasteiger partial charge in [0.2, 0.25) is 24.4 Å². The lowest BCUT2D eigenvalue weighted by molar-refractivity contribution is -0.117. The number of anilines is 1. The number of fused-ring (bicyclic) bond motifs is 2. The van der Waals surface area contributed by atoms with Gasteiger partial charge in [0.25, 0.3) is 0 Å². The van der Waals surface area contributed by atoms with Crippen molar-refractivity contribution in [2.45, 2.75) is 31.6 Å². The van der Waals surface area contributed by atoms with E-state index in [0.717, 1.165) is 24.1 Å². The van der Waals surface area contributed by atoms with E-state index in [2.05, 4.69) is 28.3 Å². The molecule has 1 amide bonds. The lowest BCUT2D eigenvalue weighted by Gasteiger charge is -2.17. The monoisotopic (exact) mass is 389 g/mol. The highest BCUT2D eigenvalue weighted by atomic mass is 16.7. The summed E-state index contributed by atoms with van der Waals surface area (Å²) in [4.78, 5) is 19.1. The number of nitrogens with zero attached hydrogens (tertiary/aromatic N) is 3. The van der Waals surface area contributed by atoms with Crippen molar-refractivity contribution in [2.75, 3.05) is 18.2 Å². The number of aryl methyl sites for hydroxylation is 2. The predicted octanol–water partition coefficient (Wildman–Crippen LogP) is 3.47. The summed E-state index contributed by atoms with van der Waals surface area (Å²) < 4.78 is 16.3. The largest absolute Gasteiger partial charge is 0.454 e. The number of rotatable bonds is 3. The predicted molar refractivity (Wildman–Crippen MR) is 104 cm³/mol. The maximum absolute atomic E-state index is 12.7. The van der Waals surface area contributed by atoms with E-state index in [-0.39, 0.29) is 18.6 Å². The molecule has 7 heteroatoms. The molecule has 6 rings (SSSR count). The Morgan fingerprint density at radius 3 is 2.86 bits per heavy atom. The van der Waals surface area contributed by atoms with Crippen LogP contribution in [-0.4, -0.2) is 29.4 Å². The molecule has 3 aromatic rings. The molecule has 1 saturated heterocycles. The van der Waals surface area contributed by atoms with Gasteiger partial charge in [-0.05, 0) is 60.7 Å². The van der Waals surface area contributed by atoms with Gasteiger partial charge in [0.1, 0.15) is 0 Å². The molecule has 3 aliphatic rings. The second kappa shape index (κ2) is 6.34. The van der Waals surface area contributed by atoms with Crippen molar-refractivity contribution in [3.8, 4) is 22.9 Å². The number of carbonyl (C=O) groups is 1. The summed E-state index contributed by atoms with van der Waals surface area (Å²) >= 11 is 0. The first-order chi connectivity index (χ1) is 14.2.